The van der Waals surface area contributed by atoms with Crippen LogP contribution in [-0.2, 0) is 20.0 Å². The molecule has 0 aliphatic rings. The number of carbonyl (C=O) groups excluding carboxylic acids is 1. The Morgan fingerprint density at radius 2 is 2.00 bits per heavy atom. The number of urea groups is 1. The Balaban J connectivity index is 2.00. The van der Waals surface area contributed by atoms with E-state index in [1.54, 1.807) is 10.9 Å². The maximum Gasteiger partial charge on any atom is 0.323 e. The van der Waals surface area contributed by atoms with Crippen molar-refractivity contribution >= 4 is 17.4 Å². The Kier molecular flexibility index (Phi) is 4.37. The predicted molar refractivity (Wildman–Crippen MR) is 79.6 cm³/mol. The van der Waals surface area contributed by atoms with Gasteiger partial charge >= 0.3 is 6.03 Å². The van der Waals surface area contributed by atoms with E-state index in [4.69, 9.17) is 5.73 Å². The summed E-state index contributed by atoms with van der Waals surface area (Å²) in [5, 5.41) is 9.85. The Morgan fingerprint density at radius 1 is 1.30 bits per heavy atom. The number of hydrogen-bond donors (Lipinski definition) is 3. The summed E-state index contributed by atoms with van der Waals surface area (Å²) < 4.78 is 1.69. The Morgan fingerprint density at radius 3 is 2.60 bits per heavy atom. The molecule has 2 rings (SSSR count). The van der Waals surface area contributed by atoms with E-state index in [0.717, 1.165) is 29.1 Å². The van der Waals surface area contributed by atoms with Crippen molar-refractivity contribution in [2.75, 3.05) is 10.6 Å². The van der Waals surface area contributed by atoms with Gasteiger partial charge in [-0.15, -0.1) is 0 Å². The molecule has 1 aromatic carbocycles. The van der Waals surface area contributed by atoms with Gasteiger partial charge in [-0.1, -0.05) is 19.1 Å². The van der Waals surface area contributed by atoms with Gasteiger partial charge in [-0.2, -0.15) is 5.10 Å². The molecule has 0 saturated heterocycles. The molecule has 0 aliphatic heterocycles. The highest BCUT2D eigenvalue weighted by Crippen LogP contribution is 2.15. The van der Waals surface area contributed by atoms with Gasteiger partial charge in [-0.3, -0.25) is 4.68 Å². The molecule has 6 nitrogen and oxygen atoms in total. The largest absolute Gasteiger partial charge is 0.326 e. The van der Waals surface area contributed by atoms with E-state index in [-0.39, 0.29) is 6.03 Å². The van der Waals surface area contributed by atoms with E-state index in [1.807, 2.05) is 38.2 Å². The van der Waals surface area contributed by atoms with Gasteiger partial charge in [0.2, 0.25) is 0 Å². The highest BCUT2D eigenvalue weighted by atomic mass is 16.2. The molecule has 0 fully saturated rings. The van der Waals surface area contributed by atoms with Gasteiger partial charge in [-0.05, 0) is 24.1 Å². The molecular formula is C14H19N5O. The van der Waals surface area contributed by atoms with Gasteiger partial charge < -0.3 is 16.4 Å². The summed E-state index contributed by atoms with van der Waals surface area (Å²) in [7, 11) is 1.83. The summed E-state index contributed by atoms with van der Waals surface area (Å²) in [4.78, 5) is 11.9. The topological polar surface area (TPSA) is 85.0 Å². The first-order valence-corrected chi connectivity index (χ1v) is 6.52. The Labute approximate surface area is 118 Å². The minimum absolute atomic E-state index is 0.284. The molecule has 1 aromatic heterocycles. The van der Waals surface area contributed by atoms with Crippen LogP contribution in [0, 0.1) is 0 Å². The number of aromatic nitrogens is 2. The van der Waals surface area contributed by atoms with Gasteiger partial charge in [0.15, 0.2) is 0 Å². The molecule has 0 spiro atoms. The first-order chi connectivity index (χ1) is 9.62. The second kappa shape index (κ2) is 6.21. The molecule has 0 aliphatic carbocycles. The lowest BCUT2D eigenvalue weighted by Crippen LogP contribution is -2.19. The number of carbonyl (C=O) groups is 1. The number of rotatable bonds is 4. The SMILES string of the molecule is CCc1nn(C)cc1NC(=O)Nc1ccc(CN)cc1. The van der Waals surface area contributed by atoms with Gasteiger partial charge in [0.05, 0.1) is 11.4 Å². The highest BCUT2D eigenvalue weighted by Gasteiger charge is 2.09. The summed E-state index contributed by atoms with van der Waals surface area (Å²) in [6.45, 7) is 2.49. The number of hydrogen-bond acceptors (Lipinski definition) is 3. The molecule has 2 amide bonds. The molecule has 0 bridgehead atoms. The number of aryl methyl sites for hydroxylation is 2. The summed E-state index contributed by atoms with van der Waals surface area (Å²) in [6, 6.07) is 7.14. The lowest BCUT2D eigenvalue weighted by atomic mass is 10.2. The zero-order chi connectivity index (χ0) is 14.5. The lowest BCUT2D eigenvalue weighted by molar-refractivity contribution is 0.262. The molecule has 0 saturated carbocycles. The van der Waals surface area contributed by atoms with Crippen molar-refractivity contribution in [3.8, 4) is 0 Å². The molecule has 1 heterocycles. The maximum absolute atomic E-state index is 11.9. The number of nitrogens with two attached hydrogens (primary N) is 1. The van der Waals surface area contributed by atoms with Crippen molar-refractivity contribution in [3.63, 3.8) is 0 Å². The van der Waals surface area contributed by atoms with Gasteiger partial charge in [0.1, 0.15) is 0 Å². The van der Waals surface area contributed by atoms with E-state index in [0.29, 0.717) is 6.54 Å². The number of nitrogens with one attached hydrogen (secondary N) is 2. The minimum Gasteiger partial charge on any atom is -0.326 e. The van der Waals surface area contributed by atoms with E-state index in [9.17, 15) is 4.79 Å². The molecule has 2 aromatic rings. The summed E-state index contributed by atoms with van der Waals surface area (Å²) in [6.07, 6.45) is 2.55. The van der Waals surface area contributed by atoms with Gasteiger partial charge in [0, 0.05) is 25.5 Å². The van der Waals surface area contributed by atoms with Crippen LogP contribution < -0.4 is 16.4 Å². The van der Waals surface area contributed by atoms with Crippen LogP contribution in [0.4, 0.5) is 16.2 Å². The van der Waals surface area contributed by atoms with Crippen LogP contribution in [0.1, 0.15) is 18.2 Å². The van der Waals surface area contributed by atoms with Crippen LogP contribution in [0.5, 0.6) is 0 Å². The number of nitrogens with zero attached hydrogens (tertiary/aromatic N) is 2. The number of anilines is 2. The van der Waals surface area contributed by atoms with Crippen LogP contribution >= 0.6 is 0 Å². The molecule has 0 unspecified atom stereocenters. The van der Waals surface area contributed by atoms with Crippen molar-refractivity contribution < 1.29 is 4.79 Å². The molecule has 0 radical (unpaired) electrons. The molecule has 6 heteroatoms. The zero-order valence-electron chi connectivity index (χ0n) is 11.7. The first-order valence-electron chi connectivity index (χ1n) is 6.52. The summed E-state index contributed by atoms with van der Waals surface area (Å²) in [5.74, 6) is 0. The third-order valence-electron chi connectivity index (χ3n) is 2.94. The highest BCUT2D eigenvalue weighted by molar-refractivity contribution is 6.00. The van der Waals surface area contributed by atoms with E-state index >= 15 is 0 Å². The second-order valence-electron chi connectivity index (χ2n) is 4.50. The predicted octanol–water partition coefficient (Wildman–Crippen LogP) is 2.09. The first kappa shape index (κ1) is 14.1. The molecule has 20 heavy (non-hydrogen) atoms. The van der Waals surface area contributed by atoms with Crippen LogP contribution in [-0.4, -0.2) is 15.8 Å². The fourth-order valence-corrected chi connectivity index (χ4v) is 1.91. The minimum atomic E-state index is -0.284. The van der Waals surface area contributed by atoms with Crippen LogP contribution in [0.25, 0.3) is 0 Å². The molecule has 0 atom stereocenters. The molecule has 106 valence electrons. The average Bonchev–Trinajstić information content (AvgIpc) is 2.79. The lowest BCUT2D eigenvalue weighted by Gasteiger charge is -2.07. The van der Waals surface area contributed by atoms with Crippen molar-refractivity contribution in [3.05, 3.63) is 41.7 Å². The average molecular weight is 273 g/mol. The van der Waals surface area contributed by atoms with E-state index in [2.05, 4.69) is 15.7 Å². The Hall–Kier alpha value is -2.34. The van der Waals surface area contributed by atoms with Crippen molar-refractivity contribution in [2.24, 2.45) is 12.8 Å². The van der Waals surface area contributed by atoms with Crippen molar-refractivity contribution in [2.45, 2.75) is 19.9 Å². The van der Waals surface area contributed by atoms with E-state index < -0.39 is 0 Å². The summed E-state index contributed by atoms with van der Waals surface area (Å²) >= 11 is 0. The summed E-state index contributed by atoms with van der Waals surface area (Å²) in [5.41, 5.74) is 8.87. The third-order valence-corrected chi connectivity index (χ3v) is 2.94. The number of amides is 2. The third kappa shape index (κ3) is 3.36. The van der Waals surface area contributed by atoms with E-state index in [1.165, 1.54) is 0 Å². The second-order valence-corrected chi connectivity index (χ2v) is 4.50. The zero-order valence-corrected chi connectivity index (χ0v) is 11.7. The van der Waals surface area contributed by atoms with Gasteiger partial charge in [0.25, 0.3) is 0 Å². The Bertz CT molecular complexity index is 588. The van der Waals surface area contributed by atoms with Crippen LogP contribution in [0.2, 0.25) is 0 Å². The normalized spacial score (nSPS) is 10.3. The molecular weight excluding hydrogens is 254 g/mol. The quantitative estimate of drug-likeness (QED) is 0.797. The van der Waals surface area contributed by atoms with Gasteiger partial charge in [-0.25, -0.2) is 4.79 Å². The van der Waals surface area contributed by atoms with Crippen molar-refractivity contribution in [1.29, 1.82) is 0 Å². The standard InChI is InChI=1S/C14H19N5O/c1-3-12-13(9-19(2)18-12)17-14(20)16-11-6-4-10(8-15)5-7-11/h4-7,9H,3,8,15H2,1-2H3,(H2,16,17,20). The van der Waals surface area contributed by atoms with Crippen molar-refractivity contribution in [1.82, 2.24) is 9.78 Å². The number of benzene rings is 1. The fourth-order valence-electron chi connectivity index (χ4n) is 1.91. The van der Waals surface area contributed by atoms with Crippen LogP contribution in [0.15, 0.2) is 30.5 Å². The fraction of sp³-hybridized carbons (Fsp3) is 0.286. The maximum atomic E-state index is 11.9. The molecule has 4 N–H and O–H groups in total. The smallest absolute Gasteiger partial charge is 0.323 e. The monoisotopic (exact) mass is 273 g/mol. The van der Waals surface area contributed by atoms with Crippen LogP contribution in [0.3, 0.4) is 0 Å².